The van der Waals surface area contributed by atoms with E-state index in [2.05, 4.69) is 43.3 Å². The summed E-state index contributed by atoms with van der Waals surface area (Å²) in [5.74, 6) is 0.999. The largest absolute Gasteiger partial charge is 0.487 e. The average molecular weight is 375 g/mol. The van der Waals surface area contributed by atoms with E-state index in [-0.39, 0.29) is 17.5 Å². The number of benzene rings is 2. The lowest BCUT2D eigenvalue weighted by atomic mass is 9.75. The summed E-state index contributed by atoms with van der Waals surface area (Å²) in [5, 5.41) is 0. The highest BCUT2D eigenvalue weighted by atomic mass is 16.5. The molecule has 5 nitrogen and oxygen atoms in total. The van der Waals surface area contributed by atoms with Crippen LogP contribution in [0.2, 0.25) is 0 Å². The predicted molar refractivity (Wildman–Crippen MR) is 109 cm³/mol. The number of guanidine groups is 1. The van der Waals surface area contributed by atoms with Gasteiger partial charge in [0.05, 0.1) is 0 Å². The molecule has 0 saturated heterocycles. The number of hydrogen-bond donors (Lipinski definition) is 1. The molecule has 0 bridgehead atoms. The van der Waals surface area contributed by atoms with Crippen LogP contribution in [0.1, 0.15) is 43.2 Å². The van der Waals surface area contributed by atoms with Gasteiger partial charge in [-0.3, -0.25) is 9.69 Å². The molecule has 2 aliphatic heterocycles. The zero-order chi connectivity index (χ0) is 19.5. The minimum absolute atomic E-state index is 0.0535. The fraction of sp³-hybridized carbons (Fsp3) is 0.391. The molecule has 1 amide bonds. The summed E-state index contributed by atoms with van der Waals surface area (Å²) in [7, 11) is 1.71. The molecular weight excluding hydrogens is 350 g/mol. The third kappa shape index (κ3) is 2.38. The molecule has 5 rings (SSSR count). The van der Waals surface area contributed by atoms with Crippen LogP contribution >= 0.6 is 0 Å². The maximum absolute atomic E-state index is 13.4. The normalized spacial score (nSPS) is 25.1. The lowest BCUT2D eigenvalue weighted by Gasteiger charge is -2.43. The Kier molecular flexibility index (Phi) is 3.60. The van der Waals surface area contributed by atoms with Gasteiger partial charge in [-0.2, -0.15) is 0 Å². The Morgan fingerprint density at radius 3 is 2.54 bits per heavy atom. The minimum Gasteiger partial charge on any atom is -0.487 e. The molecule has 1 unspecified atom stereocenters. The van der Waals surface area contributed by atoms with Crippen LogP contribution in [0.15, 0.2) is 47.5 Å². The van der Waals surface area contributed by atoms with Crippen molar-refractivity contribution in [3.63, 3.8) is 0 Å². The number of nitrogens with zero attached hydrogens (tertiary/aromatic N) is 2. The van der Waals surface area contributed by atoms with Gasteiger partial charge in [-0.05, 0) is 55.9 Å². The van der Waals surface area contributed by atoms with Gasteiger partial charge < -0.3 is 10.5 Å². The number of nitrogens with two attached hydrogens (primary N) is 1. The number of aryl methyl sites for hydroxylation is 1. The third-order valence-electron chi connectivity index (χ3n) is 6.50. The maximum Gasteiger partial charge on any atom is 0.261 e. The molecule has 2 spiro atoms. The molecule has 2 heterocycles. The van der Waals surface area contributed by atoms with Crippen molar-refractivity contribution in [2.24, 2.45) is 10.7 Å². The molecule has 0 radical (unpaired) electrons. The summed E-state index contributed by atoms with van der Waals surface area (Å²) in [6.45, 7) is 2.08. The van der Waals surface area contributed by atoms with Crippen LogP contribution in [-0.2, 0) is 10.3 Å². The monoisotopic (exact) mass is 375 g/mol. The number of fused-ring (bicyclic) bond motifs is 2. The predicted octanol–water partition coefficient (Wildman–Crippen LogP) is 3.74. The SMILES string of the molecule is Cc1cccc(-c2ccc3c(c2)C2(CC4(CCCC4)O3)N=C(N)N(C)C2=O)c1. The Labute approximate surface area is 165 Å². The van der Waals surface area contributed by atoms with Crippen LogP contribution in [0.4, 0.5) is 0 Å². The fourth-order valence-corrected chi connectivity index (χ4v) is 5.07. The molecule has 0 aromatic heterocycles. The Morgan fingerprint density at radius 1 is 1.11 bits per heavy atom. The molecular formula is C23H25N3O2. The van der Waals surface area contributed by atoms with E-state index < -0.39 is 5.54 Å². The molecule has 2 aromatic rings. The summed E-state index contributed by atoms with van der Waals surface area (Å²) in [6.07, 6.45) is 4.72. The van der Waals surface area contributed by atoms with Crippen LogP contribution in [0.5, 0.6) is 5.75 Å². The first kappa shape index (κ1) is 17.3. The van der Waals surface area contributed by atoms with Crippen LogP contribution in [0.25, 0.3) is 11.1 Å². The molecule has 3 aliphatic rings. The van der Waals surface area contributed by atoms with E-state index in [1.165, 1.54) is 10.5 Å². The summed E-state index contributed by atoms with van der Waals surface area (Å²) in [4.78, 5) is 19.6. The zero-order valence-electron chi connectivity index (χ0n) is 16.4. The van der Waals surface area contributed by atoms with Crippen molar-refractivity contribution in [2.75, 3.05) is 7.05 Å². The molecule has 2 N–H and O–H groups in total. The molecule has 1 atom stereocenters. The summed E-state index contributed by atoms with van der Waals surface area (Å²) in [5.41, 5.74) is 9.02. The van der Waals surface area contributed by atoms with Crippen molar-refractivity contribution in [1.82, 2.24) is 4.90 Å². The van der Waals surface area contributed by atoms with Crippen molar-refractivity contribution < 1.29 is 9.53 Å². The number of rotatable bonds is 1. The van der Waals surface area contributed by atoms with Gasteiger partial charge in [-0.25, -0.2) is 4.99 Å². The van der Waals surface area contributed by atoms with E-state index >= 15 is 0 Å². The second-order valence-corrected chi connectivity index (χ2v) is 8.44. The quantitative estimate of drug-likeness (QED) is 0.826. The molecule has 5 heteroatoms. The van der Waals surface area contributed by atoms with E-state index in [9.17, 15) is 4.79 Å². The van der Waals surface area contributed by atoms with Crippen LogP contribution in [0, 0.1) is 6.92 Å². The topological polar surface area (TPSA) is 67.9 Å². The maximum atomic E-state index is 13.4. The fourth-order valence-electron chi connectivity index (χ4n) is 5.07. The number of likely N-dealkylation sites (N-methyl/N-ethyl adjacent to an activating group) is 1. The average Bonchev–Trinajstić information content (AvgIpc) is 3.21. The molecule has 1 fully saturated rings. The van der Waals surface area contributed by atoms with Crippen LogP contribution in [0.3, 0.4) is 0 Å². The van der Waals surface area contributed by atoms with E-state index in [0.717, 1.165) is 48.1 Å². The van der Waals surface area contributed by atoms with Crippen molar-refractivity contribution >= 4 is 11.9 Å². The van der Waals surface area contributed by atoms with E-state index in [1.807, 2.05) is 6.07 Å². The van der Waals surface area contributed by atoms with Crippen molar-refractivity contribution in [3.05, 3.63) is 53.6 Å². The molecule has 1 aliphatic carbocycles. The van der Waals surface area contributed by atoms with Gasteiger partial charge in [0.25, 0.3) is 5.91 Å². The highest BCUT2D eigenvalue weighted by molar-refractivity contribution is 6.07. The number of aliphatic imine (C=N–C) groups is 1. The number of hydrogen-bond acceptors (Lipinski definition) is 4. The second-order valence-electron chi connectivity index (χ2n) is 8.44. The molecule has 1 saturated carbocycles. The van der Waals surface area contributed by atoms with Gasteiger partial charge in [0.2, 0.25) is 0 Å². The van der Waals surface area contributed by atoms with Crippen LogP contribution < -0.4 is 10.5 Å². The first-order valence-electron chi connectivity index (χ1n) is 9.97. The van der Waals surface area contributed by atoms with Crippen molar-refractivity contribution in [1.29, 1.82) is 0 Å². The van der Waals surface area contributed by atoms with E-state index in [0.29, 0.717) is 6.42 Å². The highest BCUT2D eigenvalue weighted by Crippen LogP contribution is 2.54. The summed E-state index contributed by atoms with van der Waals surface area (Å²) in [6, 6.07) is 14.5. The van der Waals surface area contributed by atoms with E-state index in [1.54, 1.807) is 7.05 Å². The van der Waals surface area contributed by atoms with Gasteiger partial charge in [0, 0.05) is 19.0 Å². The van der Waals surface area contributed by atoms with Gasteiger partial charge in [-0.15, -0.1) is 0 Å². The number of ether oxygens (including phenoxy) is 1. The van der Waals surface area contributed by atoms with E-state index in [4.69, 9.17) is 15.5 Å². The lowest BCUT2D eigenvalue weighted by molar-refractivity contribution is -0.134. The Morgan fingerprint density at radius 2 is 1.86 bits per heavy atom. The van der Waals surface area contributed by atoms with Gasteiger partial charge >= 0.3 is 0 Å². The van der Waals surface area contributed by atoms with Crippen molar-refractivity contribution in [3.8, 4) is 16.9 Å². The Hall–Kier alpha value is -2.82. The molecule has 2 aromatic carbocycles. The number of carbonyl (C=O) groups excluding carboxylic acids is 1. The minimum atomic E-state index is -0.976. The standard InChI is InChI=1S/C23H25N3O2/c1-15-6-5-7-16(12-15)17-8-9-19-18(13-17)23(20(27)26(2)21(24)25-23)14-22(28-19)10-3-4-11-22/h5-9,12-13H,3-4,10-11,14H2,1-2H3,(H2,24,25). The van der Waals surface area contributed by atoms with Gasteiger partial charge in [0.15, 0.2) is 11.5 Å². The van der Waals surface area contributed by atoms with Crippen LogP contribution in [-0.4, -0.2) is 29.4 Å². The highest BCUT2D eigenvalue weighted by Gasteiger charge is 2.58. The summed E-state index contributed by atoms with van der Waals surface area (Å²) < 4.78 is 6.52. The third-order valence-corrected chi connectivity index (χ3v) is 6.50. The number of carbonyl (C=O) groups is 1. The zero-order valence-corrected chi connectivity index (χ0v) is 16.4. The Bertz CT molecular complexity index is 1010. The van der Waals surface area contributed by atoms with Crippen molar-refractivity contribution in [2.45, 2.75) is 50.2 Å². The second kappa shape index (κ2) is 5.84. The Balaban J connectivity index is 1.70. The lowest BCUT2D eigenvalue weighted by Crippen LogP contribution is -2.50. The smallest absolute Gasteiger partial charge is 0.261 e. The molecule has 28 heavy (non-hydrogen) atoms. The van der Waals surface area contributed by atoms with Gasteiger partial charge in [-0.1, -0.05) is 35.9 Å². The first-order chi connectivity index (χ1) is 13.4. The first-order valence-corrected chi connectivity index (χ1v) is 9.97. The number of amides is 1. The van der Waals surface area contributed by atoms with Gasteiger partial charge in [0.1, 0.15) is 11.4 Å². The molecule has 144 valence electrons. The summed E-state index contributed by atoms with van der Waals surface area (Å²) >= 11 is 0.